The van der Waals surface area contributed by atoms with Crippen LogP contribution in [0.15, 0.2) is 27.6 Å². The van der Waals surface area contributed by atoms with Crippen LogP contribution in [-0.2, 0) is 9.53 Å². The number of nitrogens with zero attached hydrogens (tertiary/aromatic N) is 2. The van der Waals surface area contributed by atoms with E-state index in [1.165, 1.54) is 6.07 Å². The van der Waals surface area contributed by atoms with E-state index in [4.69, 9.17) is 9.15 Å². The number of hydrogen-bond acceptors (Lipinski definition) is 6. The van der Waals surface area contributed by atoms with Gasteiger partial charge >= 0.3 is 5.63 Å². The molecule has 4 saturated carbocycles. The van der Waals surface area contributed by atoms with Crippen molar-refractivity contribution in [2.45, 2.75) is 89.2 Å². The highest BCUT2D eigenvalue weighted by Gasteiger charge is 2.67. The van der Waals surface area contributed by atoms with Crippen LogP contribution >= 0.6 is 0 Å². The molecule has 5 aliphatic rings. The summed E-state index contributed by atoms with van der Waals surface area (Å²) in [6.07, 6.45) is 11.1. The minimum absolute atomic E-state index is 0.194. The Kier molecular flexibility index (Phi) is 6.80. The van der Waals surface area contributed by atoms with Gasteiger partial charge in [0, 0.05) is 37.7 Å². The molecule has 2 heterocycles. The zero-order valence-electron chi connectivity index (χ0n) is 23.5. The molecule has 0 spiro atoms. The van der Waals surface area contributed by atoms with Gasteiger partial charge in [-0.2, -0.15) is 0 Å². The molecule has 38 heavy (non-hydrogen) atoms. The van der Waals surface area contributed by atoms with E-state index in [1.807, 2.05) is 18.0 Å². The maximum Gasteiger partial charge on any atom is 0.335 e. The van der Waals surface area contributed by atoms with Crippen molar-refractivity contribution in [3.63, 3.8) is 0 Å². The monoisotopic (exact) mass is 526 g/mol. The second-order valence-corrected chi connectivity index (χ2v) is 13.7. The average Bonchev–Trinajstić information content (AvgIpc) is 3.20. The maximum absolute atomic E-state index is 13.1. The number of ether oxygens (including phenoxy) is 1. The van der Waals surface area contributed by atoms with Crippen molar-refractivity contribution in [3.8, 4) is 0 Å². The van der Waals surface area contributed by atoms with E-state index < -0.39 is 5.60 Å². The summed E-state index contributed by atoms with van der Waals surface area (Å²) in [6.45, 7) is 8.43. The smallest absolute Gasteiger partial charge is 0.335 e. The quantitative estimate of drug-likeness (QED) is 0.638. The first kappa shape index (κ1) is 26.5. The summed E-state index contributed by atoms with van der Waals surface area (Å²) in [5.41, 5.74) is 0.104. The Hall–Kier alpha value is -1.70. The molecule has 0 bridgehead atoms. The molecule has 7 heteroatoms. The highest BCUT2D eigenvalue weighted by molar-refractivity contribution is 5.78. The molecule has 1 N–H and O–H groups in total. The van der Waals surface area contributed by atoms with Crippen molar-refractivity contribution < 1.29 is 19.1 Å². The third kappa shape index (κ3) is 4.10. The predicted molar refractivity (Wildman–Crippen MR) is 145 cm³/mol. The van der Waals surface area contributed by atoms with Crippen LogP contribution in [0.1, 0.15) is 83.1 Å². The number of fused-ring (bicyclic) bond motifs is 5. The molecule has 1 amide bonds. The molecule has 5 fully saturated rings. The molecular weight excluding hydrogens is 480 g/mol. The van der Waals surface area contributed by atoms with Crippen molar-refractivity contribution in [1.82, 2.24) is 9.80 Å². The zero-order valence-corrected chi connectivity index (χ0v) is 23.5. The van der Waals surface area contributed by atoms with Gasteiger partial charge in [0.25, 0.3) is 0 Å². The molecule has 8 atom stereocenters. The molecule has 7 nitrogen and oxygen atoms in total. The third-order valence-electron chi connectivity index (χ3n) is 12.4. The van der Waals surface area contributed by atoms with E-state index in [0.29, 0.717) is 30.3 Å². The molecule has 1 aromatic heterocycles. The van der Waals surface area contributed by atoms with Gasteiger partial charge in [0.1, 0.15) is 0 Å². The minimum atomic E-state index is -0.674. The predicted octanol–water partition coefficient (Wildman–Crippen LogP) is 4.04. The summed E-state index contributed by atoms with van der Waals surface area (Å²) < 4.78 is 10.7. The SMILES string of the molecule is CN(C(=O)CN1CCOCC1)[C@H]1CC[C@@]2(C)[C@H](CC[C@@H]3[C@@H]2CC[C@]2(C)[C@@H](c4ccc(=O)oc4)CC[C@]32O)C1. The number of amides is 1. The summed E-state index contributed by atoms with van der Waals surface area (Å²) in [6, 6.07) is 3.75. The van der Waals surface area contributed by atoms with Crippen molar-refractivity contribution in [2.75, 3.05) is 39.9 Å². The van der Waals surface area contributed by atoms with E-state index in [0.717, 1.165) is 89.7 Å². The van der Waals surface area contributed by atoms with Gasteiger partial charge in [0.15, 0.2) is 0 Å². The second-order valence-electron chi connectivity index (χ2n) is 13.7. The fourth-order valence-corrected chi connectivity index (χ4v) is 9.92. The summed E-state index contributed by atoms with van der Waals surface area (Å²) in [7, 11) is 2.01. The van der Waals surface area contributed by atoms with Crippen LogP contribution in [0.5, 0.6) is 0 Å². The van der Waals surface area contributed by atoms with E-state index >= 15 is 0 Å². The molecular formula is C31H46N2O5. The minimum Gasteiger partial charge on any atom is -0.431 e. The van der Waals surface area contributed by atoms with Gasteiger partial charge < -0.3 is 19.2 Å². The summed E-state index contributed by atoms with van der Waals surface area (Å²) in [5, 5.41) is 12.5. The van der Waals surface area contributed by atoms with Crippen LogP contribution in [0.4, 0.5) is 0 Å². The second kappa shape index (κ2) is 9.74. The van der Waals surface area contributed by atoms with Crippen LogP contribution in [0.3, 0.4) is 0 Å². The standard InChI is InChI=1S/C31H46N2O5/c1-29-11-8-23(32(3)27(34)19-33-14-16-37-17-15-33)18-22(29)5-6-26-25(29)9-12-30(2)24(10-13-31(26,30)36)21-4-7-28(35)38-20-21/h4,7,20,22-26,36H,5-6,8-19H2,1-3H3/t22-,23+,24-,25+,26-,29+,30-,31+/m1/s1. The normalized spacial score (nSPS) is 43.1. The largest absolute Gasteiger partial charge is 0.431 e. The van der Waals surface area contributed by atoms with Crippen molar-refractivity contribution in [1.29, 1.82) is 0 Å². The lowest BCUT2D eigenvalue weighted by Gasteiger charge is -2.64. The number of carbonyl (C=O) groups is 1. The van der Waals surface area contributed by atoms with Gasteiger partial charge in [0.05, 0.1) is 31.6 Å². The van der Waals surface area contributed by atoms with Crippen molar-refractivity contribution in [2.24, 2.45) is 28.6 Å². The number of rotatable bonds is 4. The van der Waals surface area contributed by atoms with Crippen LogP contribution in [0.2, 0.25) is 0 Å². The Morgan fingerprint density at radius 3 is 2.58 bits per heavy atom. The number of carbonyl (C=O) groups excluding carboxylic acids is 1. The molecule has 0 unspecified atom stereocenters. The van der Waals surface area contributed by atoms with Gasteiger partial charge in [-0.05, 0) is 98.5 Å². The fraction of sp³-hybridized carbons (Fsp3) is 0.806. The van der Waals surface area contributed by atoms with Gasteiger partial charge in [-0.3, -0.25) is 9.69 Å². The zero-order chi connectivity index (χ0) is 26.7. The Morgan fingerprint density at radius 1 is 1.05 bits per heavy atom. The van der Waals surface area contributed by atoms with Gasteiger partial charge in [-0.1, -0.05) is 13.8 Å². The fourth-order valence-electron chi connectivity index (χ4n) is 9.92. The Labute approximate surface area is 226 Å². The number of hydrogen-bond donors (Lipinski definition) is 1. The Bertz CT molecular complexity index is 1080. The summed E-state index contributed by atoms with van der Waals surface area (Å²) >= 11 is 0. The molecule has 1 aliphatic heterocycles. The van der Waals surface area contributed by atoms with Gasteiger partial charge in [0.2, 0.25) is 5.91 Å². The van der Waals surface area contributed by atoms with E-state index in [1.54, 1.807) is 6.26 Å². The molecule has 0 aromatic carbocycles. The average molecular weight is 527 g/mol. The lowest BCUT2D eigenvalue weighted by molar-refractivity contribution is -0.203. The van der Waals surface area contributed by atoms with Gasteiger partial charge in [-0.15, -0.1) is 0 Å². The lowest BCUT2D eigenvalue weighted by atomic mass is 9.43. The highest BCUT2D eigenvalue weighted by Crippen LogP contribution is 2.70. The first-order valence-corrected chi connectivity index (χ1v) is 15.0. The van der Waals surface area contributed by atoms with Crippen LogP contribution in [0.25, 0.3) is 0 Å². The van der Waals surface area contributed by atoms with E-state index in [9.17, 15) is 14.7 Å². The number of likely N-dealkylation sites (N-methyl/N-ethyl adjacent to an activating group) is 1. The maximum atomic E-state index is 13.1. The van der Waals surface area contributed by atoms with Crippen LogP contribution < -0.4 is 5.63 Å². The molecule has 6 rings (SSSR count). The molecule has 210 valence electrons. The Balaban J connectivity index is 1.16. The Morgan fingerprint density at radius 2 is 1.84 bits per heavy atom. The third-order valence-corrected chi connectivity index (χ3v) is 12.4. The summed E-state index contributed by atoms with van der Waals surface area (Å²) in [5.74, 6) is 1.92. The van der Waals surface area contributed by atoms with Gasteiger partial charge in [-0.25, -0.2) is 4.79 Å². The van der Waals surface area contributed by atoms with Crippen LogP contribution in [0, 0.1) is 28.6 Å². The number of aliphatic hydroxyl groups is 1. The van der Waals surface area contributed by atoms with Crippen LogP contribution in [-0.4, -0.2) is 72.4 Å². The molecule has 1 saturated heterocycles. The number of morpholine rings is 1. The topological polar surface area (TPSA) is 83.2 Å². The lowest BCUT2D eigenvalue weighted by Crippen LogP contribution is -2.62. The van der Waals surface area contributed by atoms with E-state index in [2.05, 4.69) is 18.7 Å². The summed E-state index contributed by atoms with van der Waals surface area (Å²) in [4.78, 5) is 29.0. The molecule has 1 aromatic rings. The molecule has 0 radical (unpaired) electrons. The van der Waals surface area contributed by atoms with Crippen molar-refractivity contribution >= 4 is 5.91 Å². The van der Waals surface area contributed by atoms with Crippen molar-refractivity contribution in [3.05, 3.63) is 34.4 Å². The first-order chi connectivity index (χ1) is 18.2. The first-order valence-electron chi connectivity index (χ1n) is 15.0. The highest BCUT2D eigenvalue weighted by atomic mass is 16.5. The van der Waals surface area contributed by atoms with E-state index in [-0.39, 0.29) is 28.3 Å². The molecule has 4 aliphatic carbocycles.